The number of fused-ring (bicyclic) bond motifs is 1. The van der Waals surface area contributed by atoms with Crippen molar-refractivity contribution in [3.8, 4) is 11.5 Å². The number of hydrogen-bond donors (Lipinski definition) is 2. The molecule has 0 bridgehead atoms. The molecular formula is C10H11NO2. The van der Waals surface area contributed by atoms with Crippen LogP contribution in [0.25, 0.3) is 10.9 Å². The lowest BCUT2D eigenvalue weighted by Gasteiger charge is -2.04. The van der Waals surface area contributed by atoms with E-state index in [-0.39, 0.29) is 5.75 Å². The van der Waals surface area contributed by atoms with E-state index in [1.807, 2.05) is 19.2 Å². The van der Waals surface area contributed by atoms with Crippen molar-refractivity contribution in [2.75, 3.05) is 7.11 Å². The minimum atomic E-state index is 0.178. The van der Waals surface area contributed by atoms with Crippen LogP contribution in [0.4, 0.5) is 0 Å². The van der Waals surface area contributed by atoms with Crippen LogP contribution in [0.5, 0.6) is 11.5 Å². The number of H-pyrrole nitrogens is 1. The van der Waals surface area contributed by atoms with Gasteiger partial charge in [-0.05, 0) is 24.6 Å². The highest BCUT2D eigenvalue weighted by Gasteiger charge is 2.09. The van der Waals surface area contributed by atoms with Gasteiger partial charge in [-0.25, -0.2) is 0 Å². The Hall–Kier alpha value is -1.64. The lowest BCUT2D eigenvalue weighted by molar-refractivity contribution is 0.378. The number of methoxy groups -OCH3 is 1. The number of aromatic hydroxyl groups is 1. The van der Waals surface area contributed by atoms with Crippen molar-refractivity contribution in [1.29, 1.82) is 0 Å². The molecule has 0 radical (unpaired) electrons. The normalized spacial score (nSPS) is 10.6. The summed E-state index contributed by atoms with van der Waals surface area (Å²) in [7, 11) is 1.56. The smallest absolute Gasteiger partial charge is 0.170 e. The molecule has 0 unspecified atom stereocenters. The molecule has 0 aliphatic rings. The Morgan fingerprint density at radius 1 is 1.38 bits per heavy atom. The first-order valence-electron chi connectivity index (χ1n) is 4.07. The highest BCUT2D eigenvalue weighted by Crippen LogP contribution is 2.35. The summed E-state index contributed by atoms with van der Waals surface area (Å²) in [4.78, 5) is 3.10. The molecule has 0 spiro atoms. The van der Waals surface area contributed by atoms with Gasteiger partial charge in [0.15, 0.2) is 11.5 Å². The Balaban J connectivity index is 2.88. The lowest BCUT2D eigenvalue weighted by atomic mass is 10.1. The molecular weight excluding hydrogens is 166 g/mol. The molecule has 1 aromatic carbocycles. The van der Waals surface area contributed by atoms with Crippen LogP contribution in [0.15, 0.2) is 18.3 Å². The number of phenolic OH excluding ortho intramolecular Hbond substituents is 1. The average molecular weight is 177 g/mol. The molecule has 0 amide bonds. The molecule has 68 valence electrons. The number of rotatable bonds is 1. The maximum Gasteiger partial charge on any atom is 0.170 e. The quantitative estimate of drug-likeness (QED) is 0.701. The number of phenols is 1. The number of hydrogen-bond acceptors (Lipinski definition) is 2. The third kappa shape index (κ3) is 1.04. The number of benzene rings is 1. The maximum atomic E-state index is 9.51. The Morgan fingerprint density at radius 2 is 2.15 bits per heavy atom. The summed E-state index contributed by atoms with van der Waals surface area (Å²) in [6.07, 6.45) is 1.90. The minimum Gasteiger partial charge on any atom is -0.504 e. The summed E-state index contributed by atoms with van der Waals surface area (Å²) in [5.41, 5.74) is 2.05. The lowest BCUT2D eigenvalue weighted by Crippen LogP contribution is -1.85. The van der Waals surface area contributed by atoms with Gasteiger partial charge in [0.25, 0.3) is 0 Å². The second-order valence-corrected chi connectivity index (χ2v) is 3.01. The van der Waals surface area contributed by atoms with Gasteiger partial charge in [-0.15, -0.1) is 0 Å². The van der Waals surface area contributed by atoms with Gasteiger partial charge in [0.2, 0.25) is 0 Å². The van der Waals surface area contributed by atoms with E-state index in [1.165, 1.54) is 0 Å². The van der Waals surface area contributed by atoms with Gasteiger partial charge in [-0.3, -0.25) is 0 Å². The van der Waals surface area contributed by atoms with Gasteiger partial charge in [0, 0.05) is 17.1 Å². The molecule has 1 aromatic heterocycles. The van der Waals surface area contributed by atoms with Gasteiger partial charge in [-0.1, -0.05) is 0 Å². The zero-order valence-corrected chi connectivity index (χ0v) is 7.59. The molecule has 1 heterocycles. The van der Waals surface area contributed by atoms with Crippen LogP contribution in [0.2, 0.25) is 0 Å². The molecule has 0 aliphatic carbocycles. The van der Waals surface area contributed by atoms with Crippen molar-refractivity contribution in [3.05, 3.63) is 23.9 Å². The standard InChI is InChI=1S/C10H11NO2/c1-6-5-11-7-3-4-8(12)10(13-2)9(6)7/h3-5,11-12H,1-2H3. The summed E-state index contributed by atoms with van der Waals surface area (Å²) in [5, 5.41) is 10.5. The van der Waals surface area contributed by atoms with E-state index in [4.69, 9.17) is 4.74 Å². The fourth-order valence-corrected chi connectivity index (χ4v) is 1.55. The monoisotopic (exact) mass is 177 g/mol. The van der Waals surface area contributed by atoms with E-state index in [0.717, 1.165) is 16.5 Å². The van der Waals surface area contributed by atoms with Gasteiger partial charge in [0.1, 0.15) is 0 Å². The third-order valence-corrected chi connectivity index (χ3v) is 2.18. The molecule has 0 aliphatic heterocycles. The van der Waals surface area contributed by atoms with Gasteiger partial charge >= 0.3 is 0 Å². The molecule has 2 aromatic rings. The first kappa shape index (κ1) is 7.98. The highest BCUT2D eigenvalue weighted by molar-refractivity contribution is 5.91. The van der Waals surface area contributed by atoms with Crippen LogP contribution in [0.1, 0.15) is 5.56 Å². The van der Waals surface area contributed by atoms with Crippen molar-refractivity contribution in [2.24, 2.45) is 0 Å². The number of aromatic nitrogens is 1. The first-order chi connectivity index (χ1) is 6.24. The summed E-state index contributed by atoms with van der Waals surface area (Å²) >= 11 is 0. The Labute approximate surface area is 76.0 Å². The second kappa shape index (κ2) is 2.69. The Bertz CT molecular complexity index is 445. The number of aromatic amines is 1. The predicted molar refractivity (Wildman–Crippen MR) is 51.3 cm³/mol. The van der Waals surface area contributed by atoms with Gasteiger partial charge in [0.05, 0.1) is 7.11 Å². The van der Waals surface area contributed by atoms with Gasteiger partial charge < -0.3 is 14.8 Å². The van der Waals surface area contributed by atoms with Crippen LogP contribution < -0.4 is 4.74 Å². The number of nitrogens with one attached hydrogen (secondary N) is 1. The fourth-order valence-electron chi connectivity index (χ4n) is 1.55. The van der Waals surface area contributed by atoms with Crippen LogP contribution in [0, 0.1) is 6.92 Å². The fraction of sp³-hybridized carbons (Fsp3) is 0.200. The topological polar surface area (TPSA) is 45.2 Å². The third-order valence-electron chi connectivity index (χ3n) is 2.18. The van der Waals surface area contributed by atoms with Crippen molar-refractivity contribution in [3.63, 3.8) is 0 Å². The van der Waals surface area contributed by atoms with Crippen molar-refractivity contribution in [1.82, 2.24) is 4.98 Å². The van der Waals surface area contributed by atoms with E-state index in [9.17, 15) is 5.11 Å². The molecule has 13 heavy (non-hydrogen) atoms. The molecule has 0 atom stereocenters. The summed E-state index contributed by atoms with van der Waals surface area (Å²) in [6, 6.07) is 3.46. The largest absolute Gasteiger partial charge is 0.504 e. The zero-order chi connectivity index (χ0) is 9.42. The van der Waals surface area contributed by atoms with E-state index >= 15 is 0 Å². The van der Waals surface area contributed by atoms with Gasteiger partial charge in [-0.2, -0.15) is 0 Å². The molecule has 2 rings (SSSR count). The molecule has 0 saturated heterocycles. The van der Waals surface area contributed by atoms with Crippen LogP contribution >= 0.6 is 0 Å². The zero-order valence-electron chi connectivity index (χ0n) is 7.59. The first-order valence-corrected chi connectivity index (χ1v) is 4.07. The van der Waals surface area contributed by atoms with Crippen LogP contribution in [-0.2, 0) is 0 Å². The summed E-state index contributed by atoms with van der Waals surface area (Å²) < 4.78 is 5.13. The maximum absolute atomic E-state index is 9.51. The average Bonchev–Trinajstić information content (AvgIpc) is 2.49. The molecule has 0 fully saturated rings. The number of aryl methyl sites for hydroxylation is 1. The van der Waals surface area contributed by atoms with E-state index in [1.54, 1.807) is 13.2 Å². The van der Waals surface area contributed by atoms with E-state index in [0.29, 0.717) is 5.75 Å². The molecule has 2 N–H and O–H groups in total. The Morgan fingerprint density at radius 3 is 2.85 bits per heavy atom. The molecule has 3 nitrogen and oxygen atoms in total. The second-order valence-electron chi connectivity index (χ2n) is 3.01. The van der Waals surface area contributed by atoms with Crippen molar-refractivity contribution >= 4 is 10.9 Å². The highest BCUT2D eigenvalue weighted by atomic mass is 16.5. The number of ether oxygens (including phenoxy) is 1. The van der Waals surface area contributed by atoms with Crippen LogP contribution in [0.3, 0.4) is 0 Å². The SMILES string of the molecule is COc1c(O)ccc2[nH]cc(C)c12. The van der Waals surface area contributed by atoms with E-state index < -0.39 is 0 Å². The van der Waals surface area contributed by atoms with E-state index in [2.05, 4.69) is 4.98 Å². The Kier molecular flexibility index (Phi) is 1.65. The minimum absolute atomic E-state index is 0.178. The molecule has 0 saturated carbocycles. The molecule has 3 heteroatoms. The predicted octanol–water partition coefficient (Wildman–Crippen LogP) is 2.19. The summed E-state index contributed by atoms with van der Waals surface area (Å²) in [6.45, 7) is 1.97. The summed E-state index contributed by atoms with van der Waals surface area (Å²) in [5.74, 6) is 0.717. The van der Waals surface area contributed by atoms with Crippen molar-refractivity contribution in [2.45, 2.75) is 6.92 Å². The van der Waals surface area contributed by atoms with Crippen LogP contribution in [-0.4, -0.2) is 17.2 Å². The van der Waals surface area contributed by atoms with Crippen molar-refractivity contribution < 1.29 is 9.84 Å².